The van der Waals surface area contributed by atoms with Gasteiger partial charge in [0.2, 0.25) is 0 Å². The minimum atomic E-state index is 0.111. The van der Waals surface area contributed by atoms with Gasteiger partial charge in [-0.25, -0.2) is 4.98 Å². The van der Waals surface area contributed by atoms with Gasteiger partial charge in [0.05, 0.1) is 18.8 Å². The predicted molar refractivity (Wildman–Crippen MR) is 78.5 cm³/mol. The van der Waals surface area contributed by atoms with Crippen LogP contribution in [0.4, 0.5) is 5.82 Å². The lowest BCUT2D eigenvalue weighted by atomic mass is 9.88. The standard InChI is InChI=1S/C15H25N3O/c1-11-10-19-13(7-16)9-18(11)14-6-5-12(8-17-14)15(2,3)4/h5-6,8,11,13H,7,9-10,16H2,1-4H3. The monoisotopic (exact) mass is 263 g/mol. The molecular weight excluding hydrogens is 238 g/mol. The molecular formula is C15H25N3O. The molecule has 2 heterocycles. The highest BCUT2D eigenvalue weighted by molar-refractivity contribution is 5.42. The average molecular weight is 263 g/mol. The molecule has 1 aromatic rings. The zero-order chi connectivity index (χ0) is 14.0. The normalized spacial score (nSPS) is 24.6. The average Bonchev–Trinajstić information content (AvgIpc) is 2.38. The van der Waals surface area contributed by atoms with Gasteiger partial charge < -0.3 is 15.4 Å². The van der Waals surface area contributed by atoms with Crippen molar-refractivity contribution in [3.05, 3.63) is 23.9 Å². The minimum absolute atomic E-state index is 0.111. The van der Waals surface area contributed by atoms with E-state index in [4.69, 9.17) is 10.5 Å². The Labute approximate surface area is 116 Å². The van der Waals surface area contributed by atoms with Crippen molar-refractivity contribution in [1.29, 1.82) is 0 Å². The molecule has 106 valence electrons. The van der Waals surface area contributed by atoms with Crippen LogP contribution in [0.15, 0.2) is 18.3 Å². The minimum Gasteiger partial charge on any atom is -0.373 e. The van der Waals surface area contributed by atoms with E-state index in [1.165, 1.54) is 5.56 Å². The summed E-state index contributed by atoms with van der Waals surface area (Å²) in [6.07, 6.45) is 2.09. The first-order chi connectivity index (χ1) is 8.91. The molecule has 1 aliphatic heterocycles. The molecule has 4 nitrogen and oxygen atoms in total. The van der Waals surface area contributed by atoms with E-state index in [-0.39, 0.29) is 11.5 Å². The largest absolute Gasteiger partial charge is 0.373 e. The maximum Gasteiger partial charge on any atom is 0.128 e. The van der Waals surface area contributed by atoms with E-state index >= 15 is 0 Å². The highest BCUT2D eigenvalue weighted by Crippen LogP contribution is 2.25. The Balaban J connectivity index is 2.16. The summed E-state index contributed by atoms with van der Waals surface area (Å²) in [5, 5.41) is 0. The van der Waals surface area contributed by atoms with Gasteiger partial charge in [-0.1, -0.05) is 26.8 Å². The van der Waals surface area contributed by atoms with Crippen molar-refractivity contribution in [2.45, 2.75) is 45.3 Å². The van der Waals surface area contributed by atoms with Gasteiger partial charge in [0.15, 0.2) is 0 Å². The van der Waals surface area contributed by atoms with Crippen molar-refractivity contribution in [3.8, 4) is 0 Å². The fourth-order valence-corrected chi connectivity index (χ4v) is 2.28. The fourth-order valence-electron chi connectivity index (χ4n) is 2.28. The number of aromatic nitrogens is 1. The van der Waals surface area contributed by atoms with Gasteiger partial charge in [-0.05, 0) is 24.0 Å². The maximum atomic E-state index is 5.70. The van der Waals surface area contributed by atoms with Crippen molar-refractivity contribution >= 4 is 5.82 Å². The molecule has 0 spiro atoms. The molecule has 0 aliphatic carbocycles. The Hall–Kier alpha value is -1.13. The van der Waals surface area contributed by atoms with Crippen molar-refractivity contribution in [2.24, 2.45) is 5.73 Å². The number of rotatable bonds is 2. The van der Waals surface area contributed by atoms with Gasteiger partial charge in [0.25, 0.3) is 0 Å². The van der Waals surface area contributed by atoms with Gasteiger partial charge in [0, 0.05) is 19.3 Å². The second-order valence-corrected chi connectivity index (χ2v) is 6.35. The van der Waals surface area contributed by atoms with Crippen LogP contribution in [0, 0.1) is 0 Å². The summed E-state index contributed by atoms with van der Waals surface area (Å²) in [4.78, 5) is 6.90. The molecule has 0 aromatic carbocycles. The lowest BCUT2D eigenvalue weighted by Crippen LogP contribution is -2.51. The van der Waals surface area contributed by atoms with E-state index in [0.29, 0.717) is 19.2 Å². The van der Waals surface area contributed by atoms with E-state index in [1.54, 1.807) is 0 Å². The Morgan fingerprint density at radius 2 is 2.16 bits per heavy atom. The molecule has 19 heavy (non-hydrogen) atoms. The van der Waals surface area contributed by atoms with Crippen LogP contribution in [0.2, 0.25) is 0 Å². The number of nitrogens with two attached hydrogens (primary N) is 1. The summed E-state index contributed by atoms with van der Waals surface area (Å²) in [6, 6.07) is 4.62. The van der Waals surface area contributed by atoms with Crippen LogP contribution in [-0.2, 0) is 10.2 Å². The van der Waals surface area contributed by atoms with Crippen molar-refractivity contribution in [2.75, 3.05) is 24.6 Å². The molecule has 2 unspecified atom stereocenters. The molecule has 2 atom stereocenters. The van der Waals surface area contributed by atoms with E-state index in [2.05, 4.69) is 49.7 Å². The number of hydrogen-bond acceptors (Lipinski definition) is 4. The Kier molecular flexibility index (Phi) is 4.11. The number of nitrogens with zero attached hydrogens (tertiary/aromatic N) is 2. The van der Waals surface area contributed by atoms with Crippen molar-refractivity contribution in [1.82, 2.24) is 4.98 Å². The van der Waals surface area contributed by atoms with Crippen LogP contribution in [0.5, 0.6) is 0 Å². The Morgan fingerprint density at radius 1 is 1.42 bits per heavy atom. The molecule has 2 rings (SSSR count). The van der Waals surface area contributed by atoms with E-state index in [0.717, 1.165) is 12.4 Å². The van der Waals surface area contributed by atoms with Crippen LogP contribution in [0.3, 0.4) is 0 Å². The van der Waals surface area contributed by atoms with Crippen molar-refractivity contribution < 1.29 is 4.74 Å². The lowest BCUT2D eigenvalue weighted by molar-refractivity contribution is 0.0280. The van der Waals surface area contributed by atoms with E-state index in [1.807, 2.05) is 6.20 Å². The van der Waals surface area contributed by atoms with Crippen LogP contribution in [0.1, 0.15) is 33.3 Å². The molecule has 2 N–H and O–H groups in total. The molecule has 0 bridgehead atoms. The third kappa shape index (κ3) is 3.25. The summed E-state index contributed by atoms with van der Waals surface area (Å²) in [6.45, 7) is 10.8. The van der Waals surface area contributed by atoms with Crippen molar-refractivity contribution in [3.63, 3.8) is 0 Å². The van der Waals surface area contributed by atoms with Gasteiger partial charge in [-0.15, -0.1) is 0 Å². The summed E-state index contributed by atoms with van der Waals surface area (Å²) >= 11 is 0. The molecule has 0 amide bonds. The predicted octanol–water partition coefficient (Wildman–Crippen LogP) is 1.93. The van der Waals surface area contributed by atoms with Crippen LogP contribution >= 0.6 is 0 Å². The van der Waals surface area contributed by atoms with Crippen LogP contribution in [-0.4, -0.2) is 36.8 Å². The topological polar surface area (TPSA) is 51.4 Å². The zero-order valence-corrected chi connectivity index (χ0v) is 12.4. The molecule has 0 saturated carbocycles. The fraction of sp³-hybridized carbons (Fsp3) is 0.667. The molecule has 1 aliphatic rings. The first-order valence-electron chi connectivity index (χ1n) is 6.96. The molecule has 0 radical (unpaired) electrons. The number of morpholine rings is 1. The third-order valence-corrected chi connectivity index (χ3v) is 3.68. The second-order valence-electron chi connectivity index (χ2n) is 6.35. The maximum absolute atomic E-state index is 5.70. The van der Waals surface area contributed by atoms with Gasteiger partial charge in [-0.3, -0.25) is 0 Å². The molecule has 1 aromatic heterocycles. The lowest BCUT2D eigenvalue weighted by Gasteiger charge is -2.38. The van der Waals surface area contributed by atoms with Gasteiger partial charge in [0.1, 0.15) is 5.82 Å². The first-order valence-corrected chi connectivity index (χ1v) is 6.96. The SMILES string of the molecule is CC1COC(CN)CN1c1ccc(C(C)(C)C)cn1. The number of anilines is 1. The summed E-state index contributed by atoms with van der Waals surface area (Å²) in [7, 11) is 0. The molecule has 4 heteroatoms. The van der Waals surface area contributed by atoms with E-state index < -0.39 is 0 Å². The number of hydrogen-bond donors (Lipinski definition) is 1. The van der Waals surface area contributed by atoms with Crippen LogP contribution < -0.4 is 10.6 Å². The first kappa shape index (κ1) is 14.3. The number of ether oxygens (including phenoxy) is 1. The van der Waals surface area contributed by atoms with Gasteiger partial charge >= 0.3 is 0 Å². The smallest absolute Gasteiger partial charge is 0.128 e. The van der Waals surface area contributed by atoms with E-state index in [9.17, 15) is 0 Å². The molecule has 1 fully saturated rings. The van der Waals surface area contributed by atoms with Gasteiger partial charge in [-0.2, -0.15) is 0 Å². The zero-order valence-electron chi connectivity index (χ0n) is 12.4. The second kappa shape index (κ2) is 5.47. The highest BCUT2D eigenvalue weighted by Gasteiger charge is 2.26. The Bertz CT molecular complexity index is 410. The van der Waals surface area contributed by atoms with Crippen LogP contribution in [0.25, 0.3) is 0 Å². The number of pyridine rings is 1. The summed E-state index contributed by atoms with van der Waals surface area (Å²) in [5.74, 6) is 1.02. The third-order valence-electron chi connectivity index (χ3n) is 3.68. The summed E-state index contributed by atoms with van der Waals surface area (Å²) in [5.41, 5.74) is 7.10. The highest BCUT2D eigenvalue weighted by atomic mass is 16.5. The quantitative estimate of drug-likeness (QED) is 0.886. The Morgan fingerprint density at radius 3 is 2.68 bits per heavy atom. The summed E-state index contributed by atoms with van der Waals surface area (Å²) < 4.78 is 5.67. The molecule has 1 saturated heterocycles.